The molecule has 11 heavy (non-hydrogen) atoms. The van der Waals surface area contributed by atoms with Crippen LogP contribution in [0.2, 0.25) is 0 Å². The predicted octanol–water partition coefficient (Wildman–Crippen LogP) is 1.18. The van der Waals surface area contributed by atoms with Gasteiger partial charge in [-0.3, -0.25) is 4.79 Å². The Morgan fingerprint density at radius 3 is 2.73 bits per heavy atom. The normalized spacial score (nSPS) is 13.6. The summed E-state index contributed by atoms with van der Waals surface area (Å²) in [4.78, 5) is 10.5. The minimum absolute atomic E-state index is 0.394. The van der Waals surface area contributed by atoms with Gasteiger partial charge in [0.2, 0.25) is 0 Å². The maximum absolute atomic E-state index is 10.5. The summed E-state index contributed by atoms with van der Waals surface area (Å²) in [6, 6.07) is 0. The summed E-state index contributed by atoms with van der Waals surface area (Å²) in [5.41, 5.74) is 6.54. The molecule has 0 aromatic rings. The fourth-order valence-corrected chi connectivity index (χ4v) is 0.862. The Balaban J connectivity index is 3.79. The van der Waals surface area contributed by atoms with Gasteiger partial charge in [0.05, 0.1) is 5.92 Å². The molecule has 0 heterocycles. The maximum Gasteiger partial charge on any atom is 0.306 e. The lowest BCUT2D eigenvalue weighted by Gasteiger charge is -2.06. The molecule has 0 radical (unpaired) electrons. The monoisotopic (exact) mass is 177 g/mol. The van der Waals surface area contributed by atoms with E-state index in [0.29, 0.717) is 19.4 Å². The predicted molar refractivity (Wildman–Crippen MR) is 44.4 cm³/mol. The minimum atomic E-state index is -0.815. The Morgan fingerprint density at radius 2 is 2.36 bits per heavy atom. The van der Waals surface area contributed by atoms with Crippen LogP contribution in [-0.2, 0) is 4.79 Å². The molecule has 0 fully saturated rings. The third-order valence-electron chi connectivity index (χ3n) is 1.37. The molecule has 1 atom stereocenters. The van der Waals surface area contributed by atoms with Gasteiger partial charge in [-0.1, -0.05) is 17.7 Å². The second-order valence-electron chi connectivity index (χ2n) is 2.21. The topological polar surface area (TPSA) is 63.3 Å². The molecule has 0 aliphatic heterocycles. The summed E-state index contributed by atoms with van der Waals surface area (Å²) >= 11 is 5.25. The molecule has 0 amide bonds. The number of carboxylic acid groups (broad SMARTS) is 1. The molecule has 0 spiro atoms. The van der Waals surface area contributed by atoms with Crippen LogP contribution in [-0.4, -0.2) is 17.6 Å². The first-order chi connectivity index (χ1) is 5.22. The van der Waals surface area contributed by atoms with E-state index in [4.69, 9.17) is 22.4 Å². The van der Waals surface area contributed by atoms with Crippen molar-refractivity contribution in [2.24, 2.45) is 11.7 Å². The van der Waals surface area contributed by atoms with Crippen molar-refractivity contribution in [3.8, 4) is 0 Å². The van der Waals surface area contributed by atoms with Crippen molar-refractivity contribution in [3.63, 3.8) is 0 Å². The first kappa shape index (κ1) is 10.5. The highest BCUT2D eigenvalue weighted by atomic mass is 35.5. The first-order valence-electron chi connectivity index (χ1n) is 3.40. The zero-order chi connectivity index (χ0) is 8.69. The van der Waals surface area contributed by atoms with Crippen molar-refractivity contribution >= 4 is 17.6 Å². The van der Waals surface area contributed by atoms with Crippen LogP contribution < -0.4 is 5.73 Å². The van der Waals surface area contributed by atoms with Gasteiger partial charge in [-0.15, -0.1) is 0 Å². The summed E-state index contributed by atoms with van der Waals surface area (Å²) < 4.78 is 0. The quantitative estimate of drug-likeness (QED) is 0.663. The lowest BCUT2D eigenvalue weighted by atomic mass is 10.0. The van der Waals surface area contributed by atoms with Crippen LogP contribution in [0, 0.1) is 5.92 Å². The van der Waals surface area contributed by atoms with Crippen LogP contribution in [0.3, 0.4) is 0 Å². The van der Waals surface area contributed by atoms with Gasteiger partial charge in [0.15, 0.2) is 0 Å². The van der Waals surface area contributed by atoms with Gasteiger partial charge >= 0.3 is 5.97 Å². The van der Waals surface area contributed by atoms with Gasteiger partial charge in [0.1, 0.15) is 0 Å². The minimum Gasteiger partial charge on any atom is -0.481 e. The maximum atomic E-state index is 10.5. The van der Waals surface area contributed by atoms with Crippen molar-refractivity contribution in [1.29, 1.82) is 0 Å². The molecule has 64 valence electrons. The molecular formula is C7H12ClNO2. The number of hydrogen-bond donors (Lipinski definition) is 2. The molecule has 3 N–H and O–H groups in total. The standard InChI is InChI=1S/C7H12ClNO2/c8-4-1-2-6(3-5-9)7(10)11/h1,4,6H,2-3,5,9H2,(H,10,11)/b4-1+. The molecule has 0 aliphatic carbocycles. The number of carbonyl (C=O) groups is 1. The number of nitrogens with two attached hydrogens (primary N) is 1. The van der Waals surface area contributed by atoms with E-state index in [1.807, 2.05) is 0 Å². The largest absolute Gasteiger partial charge is 0.481 e. The molecule has 0 bridgehead atoms. The van der Waals surface area contributed by atoms with Crippen LogP contribution in [0.5, 0.6) is 0 Å². The number of rotatable bonds is 5. The van der Waals surface area contributed by atoms with Gasteiger partial charge in [-0.25, -0.2) is 0 Å². The van der Waals surface area contributed by atoms with Crippen LogP contribution in [0.25, 0.3) is 0 Å². The van der Waals surface area contributed by atoms with Crippen molar-refractivity contribution in [2.45, 2.75) is 12.8 Å². The molecule has 0 aromatic carbocycles. The SMILES string of the molecule is NCCC(C/C=C/Cl)C(=O)O. The molecule has 0 rings (SSSR count). The van der Waals surface area contributed by atoms with Gasteiger partial charge < -0.3 is 10.8 Å². The fraction of sp³-hybridized carbons (Fsp3) is 0.571. The molecule has 1 unspecified atom stereocenters. The Labute approximate surface area is 70.8 Å². The van der Waals surface area contributed by atoms with E-state index in [0.717, 1.165) is 0 Å². The van der Waals surface area contributed by atoms with Crippen molar-refractivity contribution in [1.82, 2.24) is 0 Å². The van der Waals surface area contributed by atoms with Gasteiger partial charge in [-0.2, -0.15) is 0 Å². The Bertz CT molecular complexity index is 147. The number of aliphatic carboxylic acids is 1. The van der Waals surface area contributed by atoms with Crippen LogP contribution >= 0.6 is 11.6 Å². The Morgan fingerprint density at radius 1 is 1.73 bits per heavy atom. The second-order valence-corrected chi connectivity index (χ2v) is 2.46. The molecule has 0 aromatic heterocycles. The number of allylic oxidation sites excluding steroid dienone is 1. The van der Waals surface area contributed by atoms with E-state index in [9.17, 15) is 4.79 Å². The van der Waals surface area contributed by atoms with Crippen molar-refractivity contribution in [3.05, 3.63) is 11.6 Å². The number of carboxylic acids is 1. The second kappa shape index (κ2) is 6.19. The summed E-state index contributed by atoms with van der Waals surface area (Å²) in [5.74, 6) is -1.21. The smallest absolute Gasteiger partial charge is 0.306 e. The summed E-state index contributed by atoms with van der Waals surface area (Å²) in [5, 5.41) is 8.60. The Hall–Kier alpha value is -0.540. The van der Waals surface area contributed by atoms with E-state index in [-0.39, 0.29) is 0 Å². The summed E-state index contributed by atoms with van der Waals surface area (Å²) in [6.45, 7) is 0.396. The average molecular weight is 178 g/mol. The van der Waals surface area contributed by atoms with E-state index >= 15 is 0 Å². The lowest BCUT2D eigenvalue weighted by Crippen LogP contribution is -2.17. The van der Waals surface area contributed by atoms with E-state index in [1.165, 1.54) is 5.54 Å². The number of hydrogen-bond acceptors (Lipinski definition) is 2. The lowest BCUT2D eigenvalue weighted by molar-refractivity contribution is -0.141. The average Bonchev–Trinajstić information content (AvgIpc) is 1.97. The van der Waals surface area contributed by atoms with Crippen LogP contribution in [0.4, 0.5) is 0 Å². The summed E-state index contributed by atoms with van der Waals surface area (Å²) in [6.07, 6.45) is 2.57. The first-order valence-corrected chi connectivity index (χ1v) is 3.84. The van der Waals surface area contributed by atoms with Crippen molar-refractivity contribution in [2.75, 3.05) is 6.54 Å². The molecule has 0 saturated carbocycles. The highest BCUT2D eigenvalue weighted by Crippen LogP contribution is 2.08. The molecule has 0 aliphatic rings. The summed E-state index contributed by atoms with van der Waals surface area (Å²) in [7, 11) is 0. The zero-order valence-electron chi connectivity index (χ0n) is 6.16. The highest BCUT2D eigenvalue weighted by Gasteiger charge is 2.13. The van der Waals surface area contributed by atoms with Gasteiger partial charge in [0.25, 0.3) is 0 Å². The van der Waals surface area contributed by atoms with Crippen LogP contribution in [0.1, 0.15) is 12.8 Å². The van der Waals surface area contributed by atoms with Gasteiger partial charge in [-0.05, 0) is 19.4 Å². The number of halogens is 1. The van der Waals surface area contributed by atoms with E-state index in [2.05, 4.69) is 0 Å². The molecule has 0 saturated heterocycles. The van der Waals surface area contributed by atoms with E-state index < -0.39 is 11.9 Å². The zero-order valence-corrected chi connectivity index (χ0v) is 6.92. The van der Waals surface area contributed by atoms with Crippen LogP contribution in [0.15, 0.2) is 11.6 Å². The molecular weight excluding hydrogens is 166 g/mol. The third kappa shape index (κ3) is 4.81. The van der Waals surface area contributed by atoms with Crippen molar-refractivity contribution < 1.29 is 9.90 Å². The Kier molecular flexibility index (Phi) is 5.88. The fourth-order valence-electron chi connectivity index (χ4n) is 0.759. The highest BCUT2D eigenvalue weighted by molar-refractivity contribution is 6.25. The third-order valence-corrected chi connectivity index (χ3v) is 1.55. The van der Waals surface area contributed by atoms with Gasteiger partial charge in [0, 0.05) is 5.54 Å². The van der Waals surface area contributed by atoms with E-state index in [1.54, 1.807) is 6.08 Å². The molecule has 4 heteroatoms. The molecule has 3 nitrogen and oxygen atoms in total.